The van der Waals surface area contributed by atoms with E-state index < -0.39 is 6.10 Å². The van der Waals surface area contributed by atoms with Crippen molar-refractivity contribution in [2.75, 3.05) is 11.4 Å². The smallest absolute Gasteiger partial charge is 0.146 e. The van der Waals surface area contributed by atoms with Crippen molar-refractivity contribution in [3.8, 4) is 0 Å². The van der Waals surface area contributed by atoms with Crippen LogP contribution in [0.1, 0.15) is 36.9 Å². The standard InChI is InChI=1S/C17H21FN2O/c1-4-20(11-15-7-5-6-12(2)19-15)17-9-8-14(13(3)21)10-16(17)18/h5-10,13,21H,4,11H2,1-3H3/t13-/m1/s1. The maximum Gasteiger partial charge on any atom is 0.146 e. The molecule has 21 heavy (non-hydrogen) atoms. The first kappa shape index (κ1) is 15.4. The Bertz CT molecular complexity index is 613. The molecule has 0 saturated heterocycles. The molecule has 1 heterocycles. The van der Waals surface area contributed by atoms with Gasteiger partial charge in [0.1, 0.15) is 5.82 Å². The Morgan fingerprint density at radius 1 is 1.29 bits per heavy atom. The molecule has 0 aliphatic rings. The van der Waals surface area contributed by atoms with E-state index in [1.165, 1.54) is 6.07 Å². The lowest BCUT2D eigenvalue weighted by molar-refractivity contribution is 0.199. The van der Waals surface area contributed by atoms with Gasteiger partial charge in [-0.3, -0.25) is 4.98 Å². The Morgan fingerprint density at radius 2 is 2.05 bits per heavy atom. The Labute approximate surface area is 125 Å². The van der Waals surface area contributed by atoms with Crippen LogP contribution in [0.15, 0.2) is 36.4 Å². The molecule has 0 saturated carbocycles. The van der Waals surface area contributed by atoms with Gasteiger partial charge in [0, 0.05) is 12.2 Å². The molecular weight excluding hydrogens is 267 g/mol. The van der Waals surface area contributed by atoms with E-state index in [4.69, 9.17) is 0 Å². The molecule has 0 bridgehead atoms. The molecule has 0 fully saturated rings. The summed E-state index contributed by atoms with van der Waals surface area (Å²) in [6, 6.07) is 10.7. The molecule has 2 aromatic rings. The Hall–Kier alpha value is -1.94. The molecule has 1 aromatic carbocycles. The fourth-order valence-corrected chi connectivity index (χ4v) is 2.29. The quantitative estimate of drug-likeness (QED) is 0.913. The van der Waals surface area contributed by atoms with Crippen LogP contribution < -0.4 is 4.90 Å². The third-order valence-corrected chi connectivity index (χ3v) is 3.48. The zero-order chi connectivity index (χ0) is 15.4. The summed E-state index contributed by atoms with van der Waals surface area (Å²) in [7, 11) is 0. The Balaban J connectivity index is 2.25. The SMILES string of the molecule is CCN(Cc1cccc(C)n1)c1ccc([C@@H](C)O)cc1F. The highest BCUT2D eigenvalue weighted by molar-refractivity contribution is 5.49. The summed E-state index contributed by atoms with van der Waals surface area (Å²) >= 11 is 0. The van der Waals surface area contributed by atoms with Gasteiger partial charge in [0.25, 0.3) is 0 Å². The van der Waals surface area contributed by atoms with Crippen LogP contribution in [0.3, 0.4) is 0 Å². The third kappa shape index (κ3) is 3.79. The van der Waals surface area contributed by atoms with Gasteiger partial charge < -0.3 is 10.0 Å². The van der Waals surface area contributed by atoms with Crippen LogP contribution >= 0.6 is 0 Å². The summed E-state index contributed by atoms with van der Waals surface area (Å²) in [6.07, 6.45) is -0.665. The highest BCUT2D eigenvalue weighted by atomic mass is 19.1. The van der Waals surface area contributed by atoms with Crippen molar-refractivity contribution < 1.29 is 9.50 Å². The summed E-state index contributed by atoms with van der Waals surface area (Å²) in [5.74, 6) is -0.317. The minimum Gasteiger partial charge on any atom is -0.389 e. The maximum atomic E-state index is 14.3. The van der Waals surface area contributed by atoms with E-state index in [1.54, 1.807) is 19.1 Å². The summed E-state index contributed by atoms with van der Waals surface area (Å²) in [5, 5.41) is 9.51. The normalized spacial score (nSPS) is 12.2. The number of benzene rings is 1. The lowest BCUT2D eigenvalue weighted by Crippen LogP contribution is -2.24. The van der Waals surface area contributed by atoms with Crippen molar-refractivity contribution in [1.29, 1.82) is 0 Å². The second-order valence-electron chi connectivity index (χ2n) is 5.17. The van der Waals surface area contributed by atoms with Crippen molar-refractivity contribution in [2.45, 2.75) is 33.4 Å². The molecule has 1 N–H and O–H groups in total. The van der Waals surface area contributed by atoms with Crippen molar-refractivity contribution in [2.24, 2.45) is 0 Å². The van der Waals surface area contributed by atoms with E-state index >= 15 is 0 Å². The van der Waals surface area contributed by atoms with Crippen LogP contribution in [0, 0.1) is 12.7 Å². The van der Waals surface area contributed by atoms with Crippen LogP contribution in [-0.2, 0) is 6.54 Å². The van der Waals surface area contributed by atoms with Crippen LogP contribution in [0.25, 0.3) is 0 Å². The number of nitrogens with zero attached hydrogens (tertiary/aromatic N) is 2. The zero-order valence-corrected chi connectivity index (χ0v) is 12.7. The van der Waals surface area contributed by atoms with E-state index in [1.807, 2.05) is 36.9 Å². The van der Waals surface area contributed by atoms with Gasteiger partial charge in [-0.05, 0) is 50.6 Å². The van der Waals surface area contributed by atoms with Gasteiger partial charge in [-0.2, -0.15) is 0 Å². The van der Waals surface area contributed by atoms with Crippen molar-refractivity contribution >= 4 is 5.69 Å². The number of aliphatic hydroxyl groups excluding tert-OH is 1. The van der Waals surface area contributed by atoms with Crippen LogP contribution in [0.5, 0.6) is 0 Å². The molecular formula is C17H21FN2O. The van der Waals surface area contributed by atoms with Gasteiger partial charge >= 0.3 is 0 Å². The van der Waals surface area contributed by atoms with Gasteiger partial charge in [0.05, 0.1) is 24.0 Å². The predicted octanol–water partition coefficient (Wildman–Crippen LogP) is 3.61. The molecule has 0 aliphatic heterocycles. The number of hydrogen-bond donors (Lipinski definition) is 1. The number of halogens is 1. The number of hydrogen-bond acceptors (Lipinski definition) is 3. The molecule has 4 heteroatoms. The van der Waals surface area contributed by atoms with E-state index in [-0.39, 0.29) is 5.82 Å². The van der Waals surface area contributed by atoms with Crippen molar-refractivity contribution in [1.82, 2.24) is 4.98 Å². The number of aromatic nitrogens is 1. The van der Waals surface area contributed by atoms with Gasteiger partial charge in [-0.1, -0.05) is 12.1 Å². The number of aliphatic hydroxyl groups is 1. The van der Waals surface area contributed by atoms with Crippen LogP contribution in [0.4, 0.5) is 10.1 Å². The average molecular weight is 288 g/mol. The molecule has 2 rings (SSSR count). The zero-order valence-electron chi connectivity index (χ0n) is 12.7. The lowest BCUT2D eigenvalue weighted by Gasteiger charge is -2.24. The molecule has 3 nitrogen and oxygen atoms in total. The molecule has 1 aromatic heterocycles. The lowest BCUT2D eigenvalue weighted by atomic mass is 10.1. The molecule has 1 atom stereocenters. The third-order valence-electron chi connectivity index (χ3n) is 3.48. The largest absolute Gasteiger partial charge is 0.389 e. The first-order valence-corrected chi connectivity index (χ1v) is 7.16. The minimum atomic E-state index is -0.665. The maximum absolute atomic E-state index is 14.3. The van der Waals surface area contributed by atoms with E-state index in [9.17, 15) is 9.50 Å². The Kier molecular flexibility index (Phi) is 4.91. The average Bonchev–Trinajstić information content (AvgIpc) is 2.45. The molecule has 0 radical (unpaired) electrons. The first-order chi connectivity index (χ1) is 10.0. The number of pyridine rings is 1. The minimum absolute atomic E-state index is 0.317. The molecule has 0 aliphatic carbocycles. The number of aryl methyl sites for hydroxylation is 1. The fourth-order valence-electron chi connectivity index (χ4n) is 2.29. The van der Waals surface area contributed by atoms with Crippen LogP contribution in [-0.4, -0.2) is 16.6 Å². The second kappa shape index (κ2) is 6.68. The summed E-state index contributed by atoms with van der Waals surface area (Å²) in [6.45, 7) is 6.79. The number of anilines is 1. The number of rotatable bonds is 5. The second-order valence-corrected chi connectivity index (χ2v) is 5.17. The van der Waals surface area contributed by atoms with E-state index in [0.29, 0.717) is 24.3 Å². The Morgan fingerprint density at radius 3 is 2.62 bits per heavy atom. The monoisotopic (exact) mass is 288 g/mol. The van der Waals surface area contributed by atoms with Crippen molar-refractivity contribution in [3.63, 3.8) is 0 Å². The molecule has 112 valence electrons. The van der Waals surface area contributed by atoms with Crippen molar-refractivity contribution in [3.05, 3.63) is 59.2 Å². The topological polar surface area (TPSA) is 36.4 Å². The summed E-state index contributed by atoms with van der Waals surface area (Å²) in [5.41, 5.74) is 2.98. The molecule has 0 unspecified atom stereocenters. The van der Waals surface area contributed by atoms with E-state index in [0.717, 1.165) is 11.4 Å². The summed E-state index contributed by atoms with van der Waals surface area (Å²) in [4.78, 5) is 6.39. The molecule has 0 spiro atoms. The van der Waals surface area contributed by atoms with Gasteiger partial charge in [0.15, 0.2) is 0 Å². The highest BCUT2D eigenvalue weighted by Gasteiger charge is 2.13. The van der Waals surface area contributed by atoms with Gasteiger partial charge in [-0.15, -0.1) is 0 Å². The first-order valence-electron chi connectivity index (χ1n) is 7.16. The molecule has 0 amide bonds. The van der Waals surface area contributed by atoms with Gasteiger partial charge in [-0.25, -0.2) is 4.39 Å². The van der Waals surface area contributed by atoms with Gasteiger partial charge in [0.2, 0.25) is 0 Å². The fraction of sp³-hybridized carbons (Fsp3) is 0.353. The van der Waals surface area contributed by atoms with Crippen LogP contribution in [0.2, 0.25) is 0 Å². The highest BCUT2D eigenvalue weighted by Crippen LogP contribution is 2.24. The van der Waals surface area contributed by atoms with E-state index in [2.05, 4.69) is 4.98 Å². The summed E-state index contributed by atoms with van der Waals surface area (Å²) < 4.78 is 14.3. The predicted molar refractivity (Wildman–Crippen MR) is 82.7 cm³/mol.